The molecule has 4 heteroatoms. The zero-order chi connectivity index (χ0) is 14.7. The predicted molar refractivity (Wildman–Crippen MR) is 88.5 cm³/mol. The first-order valence-corrected chi connectivity index (χ1v) is 7.97. The van der Waals surface area contributed by atoms with Crippen LogP contribution in [0.2, 0.25) is 0 Å². The number of nitrogens with one attached hydrogen (secondary N) is 1. The molecule has 0 spiro atoms. The molecule has 2 rings (SSSR count). The Morgan fingerprint density at radius 2 is 1.75 bits per heavy atom. The Morgan fingerprint density at radius 1 is 1.10 bits per heavy atom. The summed E-state index contributed by atoms with van der Waals surface area (Å²) < 4.78 is 15.8. The molecule has 1 unspecified atom stereocenters. The molecule has 0 fully saturated rings. The van der Waals surface area contributed by atoms with Gasteiger partial charge in [0, 0.05) is 15.0 Å². The van der Waals surface area contributed by atoms with Crippen LogP contribution in [0.1, 0.15) is 22.7 Å². The van der Waals surface area contributed by atoms with Crippen LogP contribution in [-0.4, -0.2) is 7.05 Å². The summed E-state index contributed by atoms with van der Waals surface area (Å²) in [5, 5.41) is 3.28. The van der Waals surface area contributed by atoms with Crippen LogP contribution in [0.15, 0.2) is 45.3 Å². The maximum atomic E-state index is 13.9. The zero-order valence-electron chi connectivity index (χ0n) is 11.4. The summed E-state index contributed by atoms with van der Waals surface area (Å²) in [7, 11) is 1.90. The molecule has 1 nitrogen and oxygen atoms in total. The van der Waals surface area contributed by atoms with Crippen molar-refractivity contribution >= 4 is 31.9 Å². The fraction of sp³-hybridized carbons (Fsp3) is 0.250. The van der Waals surface area contributed by atoms with Gasteiger partial charge in [0.05, 0.1) is 0 Å². The van der Waals surface area contributed by atoms with Crippen molar-refractivity contribution in [2.24, 2.45) is 0 Å². The SMILES string of the molecule is CNC(Cc1cc(Br)ccc1F)c1cc(Br)ccc1C. The molecule has 1 atom stereocenters. The molecule has 0 saturated heterocycles. The standard InChI is InChI=1S/C16H16Br2FN/c1-10-3-4-13(18)9-14(10)16(20-2)8-11-7-12(17)5-6-15(11)19/h3-7,9,16,20H,8H2,1-2H3. The fourth-order valence-corrected chi connectivity index (χ4v) is 3.06. The van der Waals surface area contributed by atoms with E-state index < -0.39 is 0 Å². The van der Waals surface area contributed by atoms with Gasteiger partial charge < -0.3 is 5.32 Å². The van der Waals surface area contributed by atoms with E-state index in [0.29, 0.717) is 12.0 Å². The topological polar surface area (TPSA) is 12.0 Å². The molecule has 0 aliphatic carbocycles. The third-order valence-corrected chi connectivity index (χ3v) is 4.38. The highest BCUT2D eigenvalue weighted by Crippen LogP contribution is 2.27. The molecular weight excluding hydrogens is 385 g/mol. The molecule has 0 aliphatic heterocycles. The first-order chi connectivity index (χ1) is 9.51. The van der Waals surface area contributed by atoms with Crippen molar-refractivity contribution in [1.29, 1.82) is 0 Å². The third kappa shape index (κ3) is 3.68. The molecule has 0 amide bonds. The highest BCUT2D eigenvalue weighted by Gasteiger charge is 2.15. The summed E-state index contributed by atoms with van der Waals surface area (Å²) >= 11 is 6.89. The lowest BCUT2D eigenvalue weighted by Crippen LogP contribution is -2.20. The van der Waals surface area contributed by atoms with Crippen LogP contribution in [0.25, 0.3) is 0 Å². The number of benzene rings is 2. The minimum absolute atomic E-state index is 0.0799. The monoisotopic (exact) mass is 399 g/mol. The molecule has 0 heterocycles. The second-order valence-corrected chi connectivity index (χ2v) is 6.61. The molecule has 20 heavy (non-hydrogen) atoms. The smallest absolute Gasteiger partial charge is 0.126 e. The molecule has 0 aliphatic rings. The summed E-state index contributed by atoms with van der Waals surface area (Å²) in [6.07, 6.45) is 0.610. The summed E-state index contributed by atoms with van der Waals surface area (Å²) in [5.74, 6) is -0.166. The number of aryl methyl sites for hydroxylation is 1. The maximum Gasteiger partial charge on any atom is 0.126 e. The molecule has 0 aromatic heterocycles. The number of hydrogen-bond donors (Lipinski definition) is 1. The van der Waals surface area contributed by atoms with Crippen molar-refractivity contribution in [2.45, 2.75) is 19.4 Å². The average Bonchev–Trinajstić information content (AvgIpc) is 2.42. The molecule has 0 radical (unpaired) electrons. The van der Waals surface area contributed by atoms with Crippen LogP contribution in [0.3, 0.4) is 0 Å². The van der Waals surface area contributed by atoms with E-state index in [9.17, 15) is 4.39 Å². The Labute approximate surface area is 135 Å². The van der Waals surface area contributed by atoms with E-state index >= 15 is 0 Å². The van der Waals surface area contributed by atoms with Gasteiger partial charge in [-0.3, -0.25) is 0 Å². The van der Waals surface area contributed by atoms with Crippen LogP contribution in [0.4, 0.5) is 4.39 Å². The van der Waals surface area contributed by atoms with E-state index in [1.54, 1.807) is 6.07 Å². The van der Waals surface area contributed by atoms with E-state index in [0.717, 1.165) is 8.95 Å². The minimum atomic E-state index is -0.166. The lowest BCUT2D eigenvalue weighted by Gasteiger charge is -2.20. The summed E-state index contributed by atoms with van der Waals surface area (Å²) in [6.45, 7) is 2.07. The number of rotatable bonds is 4. The van der Waals surface area contributed by atoms with Gasteiger partial charge in [0.15, 0.2) is 0 Å². The second-order valence-electron chi connectivity index (χ2n) is 4.78. The summed E-state index contributed by atoms with van der Waals surface area (Å²) in [6, 6.07) is 11.3. The predicted octanol–water partition coefficient (Wildman–Crippen LogP) is 5.16. The summed E-state index contributed by atoms with van der Waals surface area (Å²) in [5.41, 5.74) is 3.09. The van der Waals surface area contributed by atoms with Crippen LogP contribution < -0.4 is 5.32 Å². The molecule has 0 saturated carbocycles. The van der Waals surface area contributed by atoms with Gasteiger partial charge in [0.1, 0.15) is 5.82 Å². The van der Waals surface area contributed by atoms with Crippen LogP contribution in [0.5, 0.6) is 0 Å². The number of likely N-dealkylation sites (N-methyl/N-ethyl adjacent to an activating group) is 1. The minimum Gasteiger partial charge on any atom is -0.313 e. The van der Waals surface area contributed by atoms with Crippen LogP contribution in [0, 0.1) is 12.7 Å². The molecule has 106 valence electrons. The quantitative estimate of drug-likeness (QED) is 0.747. The van der Waals surface area contributed by atoms with Crippen molar-refractivity contribution in [1.82, 2.24) is 5.32 Å². The van der Waals surface area contributed by atoms with Crippen molar-refractivity contribution in [3.63, 3.8) is 0 Å². The van der Waals surface area contributed by atoms with Gasteiger partial charge in [-0.05, 0) is 67.4 Å². The van der Waals surface area contributed by atoms with Crippen molar-refractivity contribution < 1.29 is 4.39 Å². The van der Waals surface area contributed by atoms with Crippen LogP contribution >= 0.6 is 31.9 Å². The molecular formula is C16H16Br2FN. The normalized spacial score (nSPS) is 12.4. The Morgan fingerprint density at radius 3 is 2.45 bits per heavy atom. The van der Waals surface area contributed by atoms with Gasteiger partial charge >= 0.3 is 0 Å². The second kappa shape index (κ2) is 6.83. The highest BCUT2D eigenvalue weighted by molar-refractivity contribution is 9.10. The Balaban J connectivity index is 2.33. The van der Waals surface area contributed by atoms with Gasteiger partial charge in [-0.15, -0.1) is 0 Å². The molecule has 2 aromatic carbocycles. The molecule has 1 N–H and O–H groups in total. The Hall–Kier alpha value is -0.710. The number of halogens is 3. The van der Waals surface area contributed by atoms with Crippen molar-refractivity contribution in [2.75, 3.05) is 7.05 Å². The fourth-order valence-electron chi connectivity index (χ4n) is 2.27. The van der Waals surface area contributed by atoms with Crippen LogP contribution in [-0.2, 0) is 6.42 Å². The summed E-state index contributed by atoms with van der Waals surface area (Å²) in [4.78, 5) is 0. The van der Waals surface area contributed by atoms with Gasteiger partial charge in [-0.2, -0.15) is 0 Å². The number of hydrogen-bond acceptors (Lipinski definition) is 1. The average molecular weight is 401 g/mol. The maximum absolute atomic E-state index is 13.9. The first-order valence-electron chi connectivity index (χ1n) is 6.38. The van der Waals surface area contributed by atoms with E-state index in [1.807, 2.05) is 19.2 Å². The van der Waals surface area contributed by atoms with Crippen molar-refractivity contribution in [3.05, 3.63) is 67.9 Å². The van der Waals surface area contributed by atoms with Gasteiger partial charge in [0.25, 0.3) is 0 Å². The Bertz CT molecular complexity index is 613. The zero-order valence-corrected chi connectivity index (χ0v) is 14.6. The van der Waals surface area contributed by atoms with Gasteiger partial charge in [0.2, 0.25) is 0 Å². The molecule has 0 bridgehead atoms. The van der Waals surface area contributed by atoms with E-state index in [-0.39, 0.29) is 11.9 Å². The van der Waals surface area contributed by atoms with E-state index in [1.165, 1.54) is 17.2 Å². The van der Waals surface area contributed by atoms with E-state index in [2.05, 4.69) is 56.2 Å². The van der Waals surface area contributed by atoms with Gasteiger partial charge in [-0.25, -0.2) is 4.39 Å². The van der Waals surface area contributed by atoms with E-state index in [4.69, 9.17) is 0 Å². The lowest BCUT2D eigenvalue weighted by molar-refractivity contribution is 0.552. The largest absolute Gasteiger partial charge is 0.313 e. The lowest BCUT2D eigenvalue weighted by atomic mass is 9.95. The van der Waals surface area contributed by atoms with Crippen molar-refractivity contribution in [3.8, 4) is 0 Å². The first kappa shape index (κ1) is 15.7. The highest BCUT2D eigenvalue weighted by atomic mass is 79.9. The third-order valence-electron chi connectivity index (χ3n) is 3.40. The Kier molecular flexibility index (Phi) is 5.35. The van der Waals surface area contributed by atoms with Gasteiger partial charge in [-0.1, -0.05) is 37.9 Å². The molecule has 2 aromatic rings.